The van der Waals surface area contributed by atoms with E-state index in [1.807, 2.05) is 6.92 Å². The third kappa shape index (κ3) is 9.04. The molecular formula is C15H22F3N3O2. The molecule has 0 bridgehead atoms. The van der Waals surface area contributed by atoms with Crippen LogP contribution in [0.3, 0.4) is 0 Å². The number of aliphatic imine (C=N–C) groups is 1. The van der Waals surface area contributed by atoms with Gasteiger partial charge in [0, 0.05) is 13.2 Å². The maximum absolute atomic E-state index is 12.0. The number of benzene rings is 1. The Hall–Kier alpha value is -1.80. The van der Waals surface area contributed by atoms with Crippen LogP contribution in [0.25, 0.3) is 0 Å². The van der Waals surface area contributed by atoms with Crippen molar-refractivity contribution in [2.75, 3.05) is 20.3 Å². The van der Waals surface area contributed by atoms with Gasteiger partial charge in [-0.15, -0.1) is 0 Å². The first kappa shape index (κ1) is 19.2. The van der Waals surface area contributed by atoms with Gasteiger partial charge in [-0.2, -0.15) is 13.2 Å². The van der Waals surface area contributed by atoms with Crippen LogP contribution in [-0.4, -0.2) is 38.5 Å². The quantitative estimate of drug-likeness (QED) is 0.565. The molecule has 0 aromatic heterocycles. The van der Waals surface area contributed by atoms with E-state index in [2.05, 4.69) is 15.0 Å². The fourth-order valence-corrected chi connectivity index (χ4v) is 1.79. The molecule has 0 fully saturated rings. The fourth-order valence-electron chi connectivity index (χ4n) is 1.79. The van der Waals surface area contributed by atoms with Gasteiger partial charge in [0.2, 0.25) is 0 Å². The average Bonchev–Trinajstić information content (AvgIpc) is 2.45. The Kier molecular flexibility index (Phi) is 7.84. The molecule has 1 unspecified atom stereocenters. The zero-order valence-electron chi connectivity index (χ0n) is 13.2. The molecule has 1 aromatic carbocycles. The summed E-state index contributed by atoms with van der Waals surface area (Å²) in [5.74, 6) is 0.312. The minimum Gasteiger partial charge on any atom is -0.383 e. The normalized spacial score (nSPS) is 13.9. The summed E-state index contributed by atoms with van der Waals surface area (Å²) in [6.45, 7) is 1.48. The van der Waals surface area contributed by atoms with E-state index in [4.69, 9.17) is 10.5 Å². The van der Waals surface area contributed by atoms with Crippen molar-refractivity contribution in [3.05, 3.63) is 35.4 Å². The molecule has 0 saturated heterocycles. The Balaban J connectivity index is 2.41. The molecule has 0 aliphatic carbocycles. The highest BCUT2D eigenvalue weighted by Gasteiger charge is 2.27. The molecule has 1 rings (SSSR count). The van der Waals surface area contributed by atoms with Gasteiger partial charge in [-0.25, -0.2) is 4.99 Å². The Morgan fingerprint density at radius 3 is 2.43 bits per heavy atom. The third-order valence-electron chi connectivity index (χ3n) is 2.80. The lowest BCUT2D eigenvalue weighted by Crippen LogP contribution is -2.40. The standard InChI is InChI=1S/C15H22F3N3O2/c1-11(8-22-2)21-14(19)20-7-12-3-5-13(6-4-12)9-23-10-15(16,17)18/h3-6,11H,7-10H2,1-2H3,(H3,19,20,21). The monoisotopic (exact) mass is 333 g/mol. The Morgan fingerprint density at radius 1 is 1.26 bits per heavy atom. The van der Waals surface area contributed by atoms with E-state index < -0.39 is 12.8 Å². The summed E-state index contributed by atoms with van der Waals surface area (Å²) in [6, 6.07) is 7.02. The number of guanidine groups is 1. The van der Waals surface area contributed by atoms with Crippen LogP contribution in [0, 0.1) is 0 Å². The van der Waals surface area contributed by atoms with Crippen molar-refractivity contribution >= 4 is 5.96 Å². The van der Waals surface area contributed by atoms with Gasteiger partial charge < -0.3 is 20.5 Å². The molecule has 0 saturated carbocycles. The van der Waals surface area contributed by atoms with Gasteiger partial charge in [-0.05, 0) is 18.1 Å². The first-order valence-electron chi connectivity index (χ1n) is 7.08. The van der Waals surface area contributed by atoms with Crippen molar-refractivity contribution in [2.24, 2.45) is 10.7 Å². The molecule has 5 nitrogen and oxygen atoms in total. The third-order valence-corrected chi connectivity index (χ3v) is 2.80. The van der Waals surface area contributed by atoms with Gasteiger partial charge in [0.1, 0.15) is 6.61 Å². The molecule has 8 heteroatoms. The first-order chi connectivity index (χ1) is 10.8. The van der Waals surface area contributed by atoms with Crippen LogP contribution < -0.4 is 11.1 Å². The highest BCUT2D eigenvalue weighted by molar-refractivity contribution is 5.78. The van der Waals surface area contributed by atoms with Crippen molar-refractivity contribution in [1.29, 1.82) is 0 Å². The molecule has 1 aromatic rings. The van der Waals surface area contributed by atoms with Crippen LogP contribution in [0.5, 0.6) is 0 Å². The van der Waals surface area contributed by atoms with Crippen molar-refractivity contribution < 1.29 is 22.6 Å². The minimum atomic E-state index is -4.31. The lowest BCUT2D eigenvalue weighted by molar-refractivity contribution is -0.176. The van der Waals surface area contributed by atoms with E-state index in [-0.39, 0.29) is 12.6 Å². The molecule has 130 valence electrons. The van der Waals surface area contributed by atoms with Crippen molar-refractivity contribution in [2.45, 2.75) is 32.3 Å². The van der Waals surface area contributed by atoms with E-state index in [9.17, 15) is 13.2 Å². The van der Waals surface area contributed by atoms with Crippen molar-refractivity contribution in [1.82, 2.24) is 5.32 Å². The molecule has 3 N–H and O–H groups in total. The topological polar surface area (TPSA) is 68.9 Å². The number of hydrogen-bond donors (Lipinski definition) is 2. The predicted octanol–water partition coefficient (Wildman–Crippen LogP) is 2.20. The Morgan fingerprint density at radius 2 is 1.87 bits per heavy atom. The van der Waals surface area contributed by atoms with Gasteiger partial charge in [0.25, 0.3) is 0 Å². The second-order valence-electron chi connectivity index (χ2n) is 5.13. The van der Waals surface area contributed by atoms with E-state index in [1.54, 1.807) is 31.4 Å². The Bertz CT molecular complexity index is 490. The molecule has 0 aliphatic rings. The van der Waals surface area contributed by atoms with E-state index >= 15 is 0 Å². The smallest absolute Gasteiger partial charge is 0.383 e. The maximum atomic E-state index is 12.0. The van der Waals surface area contributed by atoms with Gasteiger partial charge in [0.15, 0.2) is 5.96 Å². The fraction of sp³-hybridized carbons (Fsp3) is 0.533. The average molecular weight is 333 g/mol. The highest BCUT2D eigenvalue weighted by atomic mass is 19.4. The maximum Gasteiger partial charge on any atom is 0.411 e. The molecule has 23 heavy (non-hydrogen) atoms. The predicted molar refractivity (Wildman–Crippen MR) is 82.0 cm³/mol. The van der Waals surface area contributed by atoms with Gasteiger partial charge in [-0.3, -0.25) is 0 Å². The zero-order valence-corrected chi connectivity index (χ0v) is 13.2. The first-order valence-corrected chi connectivity index (χ1v) is 7.08. The van der Waals surface area contributed by atoms with Gasteiger partial charge in [0.05, 0.1) is 19.8 Å². The molecule has 0 amide bonds. The number of nitrogens with two attached hydrogens (primary N) is 1. The lowest BCUT2D eigenvalue weighted by atomic mass is 10.1. The van der Waals surface area contributed by atoms with Gasteiger partial charge in [-0.1, -0.05) is 24.3 Å². The summed E-state index contributed by atoms with van der Waals surface area (Å²) in [5, 5.41) is 2.98. The Labute approximate surface area is 133 Å². The summed E-state index contributed by atoms with van der Waals surface area (Å²) < 4.78 is 45.5. The molecule has 1 atom stereocenters. The summed E-state index contributed by atoms with van der Waals surface area (Å²) in [5.41, 5.74) is 7.31. The van der Waals surface area contributed by atoms with Crippen LogP contribution in [0.1, 0.15) is 18.1 Å². The summed E-state index contributed by atoms with van der Waals surface area (Å²) in [7, 11) is 1.60. The second kappa shape index (κ2) is 9.36. The van der Waals surface area contributed by atoms with E-state index in [0.717, 1.165) is 5.56 Å². The molecule has 0 heterocycles. The number of nitrogens with zero attached hydrogens (tertiary/aromatic N) is 1. The lowest BCUT2D eigenvalue weighted by Gasteiger charge is -2.13. The van der Waals surface area contributed by atoms with E-state index in [1.165, 1.54) is 0 Å². The SMILES string of the molecule is COCC(C)NC(N)=NCc1ccc(COCC(F)(F)F)cc1. The molecule has 0 aliphatic heterocycles. The van der Waals surface area contributed by atoms with Crippen LogP contribution >= 0.6 is 0 Å². The number of rotatable bonds is 8. The van der Waals surface area contributed by atoms with Crippen LogP contribution in [0.2, 0.25) is 0 Å². The molecule has 0 spiro atoms. The zero-order chi connectivity index (χ0) is 17.3. The number of methoxy groups -OCH3 is 1. The number of alkyl halides is 3. The largest absolute Gasteiger partial charge is 0.411 e. The summed E-state index contributed by atoms with van der Waals surface area (Å²) in [4.78, 5) is 4.19. The molecule has 0 radical (unpaired) electrons. The number of halogens is 3. The van der Waals surface area contributed by atoms with Crippen molar-refractivity contribution in [3.63, 3.8) is 0 Å². The van der Waals surface area contributed by atoms with Crippen LogP contribution in [0.4, 0.5) is 13.2 Å². The van der Waals surface area contributed by atoms with Gasteiger partial charge >= 0.3 is 6.18 Å². The van der Waals surface area contributed by atoms with Crippen LogP contribution in [-0.2, 0) is 22.6 Å². The second-order valence-corrected chi connectivity index (χ2v) is 5.13. The number of ether oxygens (including phenoxy) is 2. The number of nitrogens with one attached hydrogen (secondary N) is 1. The molecular weight excluding hydrogens is 311 g/mol. The summed E-state index contributed by atoms with van der Waals surface area (Å²) >= 11 is 0. The highest BCUT2D eigenvalue weighted by Crippen LogP contribution is 2.15. The minimum absolute atomic E-state index is 0.0527. The van der Waals surface area contributed by atoms with Crippen molar-refractivity contribution in [3.8, 4) is 0 Å². The van der Waals surface area contributed by atoms with Crippen LogP contribution in [0.15, 0.2) is 29.3 Å². The van der Waals surface area contributed by atoms with E-state index in [0.29, 0.717) is 24.7 Å². The number of hydrogen-bond acceptors (Lipinski definition) is 3. The summed E-state index contributed by atoms with van der Waals surface area (Å²) in [6.07, 6.45) is -4.31.